The second kappa shape index (κ2) is 8.84. The van der Waals surface area contributed by atoms with E-state index in [1.807, 2.05) is 63.2 Å². The molecule has 3 rings (SSSR count). The lowest BCUT2D eigenvalue weighted by Crippen LogP contribution is -2.47. The number of benzene rings is 1. The summed E-state index contributed by atoms with van der Waals surface area (Å²) in [6, 6.07) is 14.7. The Balaban J connectivity index is 1.63. The van der Waals surface area contributed by atoms with Crippen LogP contribution in [0.25, 0.3) is 10.6 Å². The molecule has 0 aliphatic rings. The Morgan fingerprint density at radius 1 is 1.14 bits per heavy atom. The molecule has 3 N–H and O–H groups in total. The van der Waals surface area contributed by atoms with Crippen LogP contribution in [-0.2, 0) is 16.0 Å². The number of nitrogens with zero attached hydrogens (tertiary/aromatic N) is 1. The first kappa shape index (κ1) is 19.8. The van der Waals surface area contributed by atoms with Gasteiger partial charge in [-0.1, -0.05) is 44.2 Å². The molecule has 0 aliphatic heterocycles. The van der Waals surface area contributed by atoms with Gasteiger partial charge >= 0.3 is 0 Å². The van der Waals surface area contributed by atoms with Gasteiger partial charge in [0.15, 0.2) is 5.82 Å². The number of anilines is 1. The number of carbonyl (C=O) groups is 2. The number of amides is 2. The number of H-pyrrole nitrogens is 1. The predicted octanol–water partition coefficient (Wildman–Crippen LogP) is 3.77. The summed E-state index contributed by atoms with van der Waals surface area (Å²) in [5.74, 6) is -0.0826. The van der Waals surface area contributed by atoms with E-state index in [0.717, 1.165) is 16.1 Å². The molecular formula is C21H24N4O2S. The molecule has 0 bridgehead atoms. The van der Waals surface area contributed by atoms with Gasteiger partial charge in [-0.2, -0.15) is 5.10 Å². The molecule has 0 aliphatic carbocycles. The summed E-state index contributed by atoms with van der Waals surface area (Å²) < 4.78 is 0. The van der Waals surface area contributed by atoms with Gasteiger partial charge in [-0.05, 0) is 30.5 Å². The molecule has 0 saturated heterocycles. The average molecular weight is 397 g/mol. The third kappa shape index (κ3) is 5.07. The van der Waals surface area contributed by atoms with Crippen LogP contribution in [0, 0.1) is 12.8 Å². The van der Waals surface area contributed by atoms with Crippen LogP contribution in [0.4, 0.5) is 5.82 Å². The summed E-state index contributed by atoms with van der Waals surface area (Å²) in [4.78, 5) is 27.3. The highest BCUT2D eigenvalue weighted by Crippen LogP contribution is 2.27. The molecule has 0 fully saturated rings. The Hall–Kier alpha value is -2.93. The standard InChI is InChI=1S/C21H24N4O2S/c1-13(2)20(23-19(26)11-15-7-5-4-6-8-15)21(27)22-18-12-16(24-25-18)17-10-9-14(3)28-17/h4-10,12-13,20H,11H2,1-3H3,(H,23,26)(H2,22,24,25,27). The van der Waals surface area contributed by atoms with Crippen molar-refractivity contribution in [3.8, 4) is 10.6 Å². The highest BCUT2D eigenvalue weighted by Gasteiger charge is 2.25. The summed E-state index contributed by atoms with van der Waals surface area (Å²) in [7, 11) is 0. The van der Waals surface area contributed by atoms with Gasteiger partial charge in [-0.25, -0.2) is 0 Å². The summed E-state index contributed by atoms with van der Waals surface area (Å²) in [5, 5.41) is 12.7. The highest BCUT2D eigenvalue weighted by molar-refractivity contribution is 7.15. The van der Waals surface area contributed by atoms with E-state index in [1.54, 1.807) is 17.4 Å². The first-order valence-electron chi connectivity index (χ1n) is 9.18. The molecule has 1 aromatic carbocycles. The first-order chi connectivity index (χ1) is 13.4. The van der Waals surface area contributed by atoms with Crippen LogP contribution in [0.5, 0.6) is 0 Å². The molecule has 2 amide bonds. The van der Waals surface area contributed by atoms with Gasteiger partial charge in [0, 0.05) is 10.9 Å². The number of aromatic amines is 1. The second-order valence-corrected chi connectivity index (χ2v) is 8.31. The molecule has 1 unspecified atom stereocenters. The zero-order chi connectivity index (χ0) is 20.1. The van der Waals surface area contributed by atoms with Crippen molar-refractivity contribution >= 4 is 29.0 Å². The minimum absolute atomic E-state index is 0.0573. The topological polar surface area (TPSA) is 86.9 Å². The third-order valence-electron chi connectivity index (χ3n) is 4.31. The zero-order valence-electron chi connectivity index (χ0n) is 16.2. The van der Waals surface area contributed by atoms with Crippen LogP contribution < -0.4 is 10.6 Å². The van der Waals surface area contributed by atoms with Crippen molar-refractivity contribution in [1.82, 2.24) is 15.5 Å². The molecule has 2 aromatic heterocycles. The largest absolute Gasteiger partial charge is 0.344 e. The number of hydrogen-bond acceptors (Lipinski definition) is 4. The molecule has 6 nitrogen and oxygen atoms in total. The SMILES string of the molecule is Cc1ccc(-c2cc(NC(=O)C(NC(=O)Cc3ccccc3)C(C)C)n[nH]2)s1. The Kier molecular flexibility index (Phi) is 6.26. The van der Waals surface area contributed by atoms with Crippen molar-refractivity contribution in [2.45, 2.75) is 33.2 Å². The third-order valence-corrected chi connectivity index (χ3v) is 5.34. The lowest BCUT2D eigenvalue weighted by molar-refractivity contribution is -0.127. The molecule has 28 heavy (non-hydrogen) atoms. The van der Waals surface area contributed by atoms with Crippen molar-refractivity contribution in [3.63, 3.8) is 0 Å². The lowest BCUT2D eigenvalue weighted by atomic mass is 10.0. The molecule has 7 heteroatoms. The fourth-order valence-corrected chi connectivity index (χ4v) is 3.67. The van der Waals surface area contributed by atoms with Crippen molar-refractivity contribution in [1.29, 1.82) is 0 Å². The highest BCUT2D eigenvalue weighted by atomic mass is 32.1. The Bertz CT molecular complexity index is 946. The van der Waals surface area contributed by atoms with Gasteiger partial charge in [0.25, 0.3) is 0 Å². The first-order valence-corrected chi connectivity index (χ1v) is 10.0. The molecule has 1 atom stereocenters. The van der Waals surface area contributed by atoms with E-state index in [9.17, 15) is 9.59 Å². The summed E-state index contributed by atoms with van der Waals surface area (Å²) in [6.45, 7) is 5.84. The van der Waals surface area contributed by atoms with Crippen molar-refractivity contribution in [2.24, 2.45) is 5.92 Å². The summed E-state index contributed by atoms with van der Waals surface area (Å²) in [6.07, 6.45) is 0.238. The van der Waals surface area contributed by atoms with Crippen molar-refractivity contribution < 1.29 is 9.59 Å². The maximum absolute atomic E-state index is 12.7. The van der Waals surface area contributed by atoms with Gasteiger partial charge in [-0.3, -0.25) is 14.7 Å². The number of aryl methyl sites for hydroxylation is 1. The van der Waals surface area contributed by atoms with E-state index in [0.29, 0.717) is 5.82 Å². The minimum Gasteiger partial charge on any atom is -0.344 e. The minimum atomic E-state index is -0.639. The van der Waals surface area contributed by atoms with Crippen LogP contribution >= 0.6 is 11.3 Å². The van der Waals surface area contributed by atoms with E-state index in [4.69, 9.17) is 0 Å². The van der Waals surface area contributed by atoms with Crippen molar-refractivity contribution in [2.75, 3.05) is 5.32 Å². The van der Waals surface area contributed by atoms with E-state index < -0.39 is 6.04 Å². The van der Waals surface area contributed by atoms with Crippen LogP contribution in [0.15, 0.2) is 48.5 Å². The van der Waals surface area contributed by atoms with Gasteiger partial charge < -0.3 is 10.6 Å². The fraction of sp³-hybridized carbons (Fsp3) is 0.286. The van der Waals surface area contributed by atoms with E-state index >= 15 is 0 Å². The number of rotatable bonds is 7. The number of nitrogens with one attached hydrogen (secondary N) is 3. The molecule has 2 heterocycles. The molecule has 0 spiro atoms. The van der Waals surface area contributed by atoms with Crippen molar-refractivity contribution in [3.05, 3.63) is 59.0 Å². The summed E-state index contributed by atoms with van der Waals surface area (Å²) >= 11 is 1.65. The monoisotopic (exact) mass is 396 g/mol. The van der Waals surface area contributed by atoms with Crippen LogP contribution in [0.3, 0.4) is 0 Å². The number of carbonyl (C=O) groups excluding carboxylic acids is 2. The molecule has 146 valence electrons. The van der Waals surface area contributed by atoms with E-state index in [-0.39, 0.29) is 24.2 Å². The van der Waals surface area contributed by atoms with Crippen LogP contribution in [0.2, 0.25) is 0 Å². The van der Waals surface area contributed by atoms with Crippen LogP contribution in [-0.4, -0.2) is 28.1 Å². The zero-order valence-corrected chi connectivity index (χ0v) is 17.0. The molecule has 3 aromatic rings. The molecule has 0 radical (unpaired) electrons. The van der Waals surface area contributed by atoms with Crippen LogP contribution in [0.1, 0.15) is 24.3 Å². The number of hydrogen-bond donors (Lipinski definition) is 3. The number of aromatic nitrogens is 2. The van der Waals surface area contributed by atoms with Gasteiger partial charge in [-0.15, -0.1) is 11.3 Å². The van der Waals surface area contributed by atoms with E-state index in [2.05, 4.69) is 20.8 Å². The average Bonchev–Trinajstić information content (AvgIpc) is 3.29. The fourth-order valence-electron chi connectivity index (χ4n) is 2.84. The number of thiophene rings is 1. The van der Waals surface area contributed by atoms with Gasteiger partial charge in [0.1, 0.15) is 6.04 Å². The maximum atomic E-state index is 12.7. The quantitative estimate of drug-likeness (QED) is 0.568. The van der Waals surface area contributed by atoms with Gasteiger partial charge in [0.2, 0.25) is 11.8 Å². The maximum Gasteiger partial charge on any atom is 0.248 e. The van der Waals surface area contributed by atoms with E-state index in [1.165, 1.54) is 4.88 Å². The predicted molar refractivity (Wildman–Crippen MR) is 112 cm³/mol. The lowest BCUT2D eigenvalue weighted by Gasteiger charge is -2.21. The smallest absolute Gasteiger partial charge is 0.248 e. The Labute approximate surface area is 168 Å². The molecular weight excluding hydrogens is 372 g/mol. The normalized spacial score (nSPS) is 12.0. The Morgan fingerprint density at radius 3 is 2.54 bits per heavy atom. The Morgan fingerprint density at radius 2 is 1.89 bits per heavy atom. The van der Waals surface area contributed by atoms with Gasteiger partial charge in [0.05, 0.1) is 17.0 Å². The second-order valence-electron chi connectivity index (χ2n) is 7.02. The molecule has 0 saturated carbocycles. The summed E-state index contributed by atoms with van der Waals surface area (Å²) in [5.41, 5.74) is 1.76.